The van der Waals surface area contributed by atoms with E-state index in [4.69, 9.17) is 16.7 Å². The number of carboxylic acid groups (broad SMARTS) is 1. The van der Waals surface area contributed by atoms with Gasteiger partial charge in [-0.3, -0.25) is 9.59 Å². The summed E-state index contributed by atoms with van der Waals surface area (Å²) >= 11 is 4.92. The number of nitrogens with zero attached hydrogens (tertiary/aromatic N) is 1. The first-order chi connectivity index (χ1) is 6.52. The van der Waals surface area contributed by atoms with E-state index in [0.717, 1.165) is 0 Å². The summed E-state index contributed by atoms with van der Waals surface area (Å²) in [6.07, 6.45) is 0. The van der Waals surface area contributed by atoms with E-state index in [1.165, 1.54) is 18.2 Å². The molecule has 0 spiro atoms. The molecule has 1 heterocycles. The van der Waals surface area contributed by atoms with Gasteiger partial charge in [-0.25, -0.2) is 9.78 Å². The Morgan fingerprint density at radius 2 is 1.79 bits per heavy atom. The molecule has 6 heteroatoms. The third kappa shape index (κ3) is 2.14. The normalized spacial score (nSPS) is 9.50. The molecule has 1 aromatic rings. The van der Waals surface area contributed by atoms with Crippen LogP contribution in [-0.4, -0.2) is 27.1 Å². The monoisotopic (exact) mass is 213 g/mol. The molecule has 1 rings (SSSR count). The Labute approximate surface area is 83.3 Å². The predicted octanol–water partition coefficient (Wildman–Crippen LogP) is 0.728. The average Bonchev–Trinajstić information content (AvgIpc) is 2.16. The topological polar surface area (TPSA) is 84.3 Å². The van der Waals surface area contributed by atoms with Crippen LogP contribution in [0.3, 0.4) is 0 Å². The molecule has 0 saturated carbocycles. The number of halogens is 1. The number of ketones is 1. The highest BCUT2D eigenvalue weighted by Gasteiger charge is 2.16. The molecular weight excluding hydrogens is 210 g/mol. The number of Topliss-reactive ketones (excluding diaryl/α,β-unsaturated/α-hetero) is 1. The minimum absolute atomic E-state index is 0.273. The van der Waals surface area contributed by atoms with Crippen LogP contribution < -0.4 is 0 Å². The number of hydrogen-bond acceptors (Lipinski definition) is 4. The Kier molecular flexibility index (Phi) is 2.93. The van der Waals surface area contributed by atoms with Crippen molar-refractivity contribution in [3.63, 3.8) is 0 Å². The second-order valence-electron chi connectivity index (χ2n) is 2.32. The summed E-state index contributed by atoms with van der Waals surface area (Å²) in [4.78, 5) is 35.3. The first-order valence-corrected chi connectivity index (χ1v) is 3.84. The van der Waals surface area contributed by atoms with E-state index in [9.17, 15) is 14.4 Å². The Bertz CT molecular complexity index is 416. The van der Waals surface area contributed by atoms with Crippen LogP contribution in [0.25, 0.3) is 0 Å². The maximum atomic E-state index is 11.0. The van der Waals surface area contributed by atoms with E-state index < -0.39 is 17.0 Å². The number of pyridine rings is 1. The number of rotatable bonds is 3. The number of carboxylic acids is 1. The second-order valence-corrected chi connectivity index (χ2v) is 2.66. The summed E-state index contributed by atoms with van der Waals surface area (Å²) in [5.74, 6) is -2.29. The van der Waals surface area contributed by atoms with Gasteiger partial charge in [0.25, 0.3) is 11.0 Å². The predicted molar refractivity (Wildman–Crippen MR) is 46.4 cm³/mol. The molecule has 0 saturated heterocycles. The zero-order valence-corrected chi connectivity index (χ0v) is 7.49. The van der Waals surface area contributed by atoms with Gasteiger partial charge in [0.15, 0.2) is 0 Å². The van der Waals surface area contributed by atoms with E-state index in [-0.39, 0.29) is 11.4 Å². The molecule has 72 valence electrons. The van der Waals surface area contributed by atoms with Crippen molar-refractivity contribution in [1.82, 2.24) is 4.98 Å². The average molecular weight is 214 g/mol. The molecule has 5 nitrogen and oxygen atoms in total. The number of carbonyl (C=O) groups excluding carboxylic acids is 2. The third-order valence-electron chi connectivity index (χ3n) is 1.38. The van der Waals surface area contributed by atoms with Crippen LogP contribution in [0.4, 0.5) is 0 Å². The van der Waals surface area contributed by atoms with Gasteiger partial charge in [0.2, 0.25) is 0 Å². The quantitative estimate of drug-likeness (QED) is 0.455. The van der Waals surface area contributed by atoms with E-state index in [1.54, 1.807) is 0 Å². The van der Waals surface area contributed by atoms with Crippen LogP contribution >= 0.6 is 11.6 Å². The van der Waals surface area contributed by atoms with E-state index in [2.05, 4.69) is 4.98 Å². The number of aromatic carboxylic acids is 1. The van der Waals surface area contributed by atoms with E-state index in [0.29, 0.717) is 0 Å². The highest BCUT2D eigenvalue weighted by Crippen LogP contribution is 2.02. The lowest BCUT2D eigenvalue weighted by Crippen LogP contribution is -2.12. The van der Waals surface area contributed by atoms with Gasteiger partial charge >= 0.3 is 5.97 Å². The van der Waals surface area contributed by atoms with Crippen LogP contribution in [0.15, 0.2) is 18.2 Å². The van der Waals surface area contributed by atoms with Gasteiger partial charge in [0.05, 0.1) is 0 Å². The second kappa shape index (κ2) is 3.97. The zero-order valence-electron chi connectivity index (χ0n) is 6.73. The molecule has 0 fully saturated rings. The minimum atomic E-state index is -1.28. The number of hydrogen-bond donors (Lipinski definition) is 1. The molecule has 1 N–H and O–H groups in total. The summed E-state index contributed by atoms with van der Waals surface area (Å²) in [7, 11) is 0. The molecule has 0 aliphatic rings. The molecule has 0 amide bonds. The molecule has 0 bridgehead atoms. The fraction of sp³-hybridized carbons (Fsp3) is 0. The first-order valence-electron chi connectivity index (χ1n) is 3.47. The van der Waals surface area contributed by atoms with Crippen molar-refractivity contribution in [1.29, 1.82) is 0 Å². The molecule has 14 heavy (non-hydrogen) atoms. The largest absolute Gasteiger partial charge is 0.477 e. The van der Waals surface area contributed by atoms with Gasteiger partial charge < -0.3 is 5.11 Å². The summed E-state index contributed by atoms with van der Waals surface area (Å²) in [5.41, 5.74) is -0.585. The Hall–Kier alpha value is -1.75. The maximum absolute atomic E-state index is 11.0. The summed E-state index contributed by atoms with van der Waals surface area (Å²) in [6, 6.07) is 3.73. The van der Waals surface area contributed by atoms with Crippen molar-refractivity contribution in [3.8, 4) is 0 Å². The summed E-state index contributed by atoms with van der Waals surface area (Å²) in [6.45, 7) is 0. The van der Waals surface area contributed by atoms with Gasteiger partial charge in [-0.15, -0.1) is 0 Å². The Morgan fingerprint density at radius 1 is 1.21 bits per heavy atom. The molecule has 0 radical (unpaired) electrons. The smallest absolute Gasteiger partial charge is 0.354 e. The molecule has 0 aliphatic carbocycles. The lowest BCUT2D eigenvalue weighted by atomic mass is 10.2. The van der Waals surface area contributed by atoms with E-state index >= 15 is 0 Å². The van der Waals surface area contributed by atoms with Crippen molar-refractivity contribution >= 4 is 28.6 Å². The van der Waals surface area contributed by atoms with Crippen LogP contribution in [-0.2, 0) is 4.79 Å². The fourth-order valence-electron chi connectivity index (χ4n) is 0.781. The van der Waals surface area contributed by atoms with Crippen LogP contribution in [0, 0.1) is 0 Å². The highest BCUT2D eigenvalue weighted by molar-refractivity contribution is 6.83. The standard InChI is InChI=1S/C8H4ClNO4/c9-7(12)6(11)4-2-1-3-5(10-4)8(13)14/h1-3H,(H,13,14). The summed E-state index contributed by atoms with van der Waals surface area (Å²) in [5, 5.41) is 7.34. The SMILES string of the molecule is O=C(Cl)C(=O)c1cccc(C(=O)O)n1. The van der Waals surface area contributed by atoms with Crippen molar-refractivity contribution in [2.24, 2.45) is 0 Å². The fourth-order valence-corrected chi connectivity index (χ4v) is 0.878. The van der Waals surface area contributed by atoms with Crippen LogP contribution in [0.5, 0.6) is 0 Å². The number of carbonyl (C=O) groups is 3. The van der Waals surface area contributed by atoms with Crippen LogP contribution in [0.2, 0.25) is 0 Å². The van der Waals surface area contributed by atoms with Crippen molar-refractivity contribution < 1.29 is 19.5 Å². The lowest BCUT2D eigenvalue weighted by molar-refractivity contribution is -0.108. The van der Waals surface area contributed by atoms with Crippen molar-refractivity contribution in [2.75, 3.05) is 0 Å². The third-order valence-corrected chi connectivity index (χ3v) is 1.55. The van der Waals surface area contributed by atoms with E-state index in [1.807, 2.05) is 0 Å². The minimum Gasteiger partial charge on any atom is -0.477 e. The molecule has 0 aliphatic heterocycles. The first kappa shape index (κ1) is 10.3. The van der Waals surface area contributed by atoms with Crippen molar-refractivity contribution in [2.45, 2.75) is 0 Å². The molecule has 0 unspecified atom stereocenters. The highest BCUT2D eigenvalue weighted by atomic mass is 35.5. The van der Waals surface area contributed by atoms with Gasteiger partial charge in [-0.2, -0.15) is 0 Å². The molecule has 0 atom stereocenters. The van der Waals surface area contributed by atoms with Gasteiger partial charge in [0.1, 0.15) is 11.4 Å². The summed E-state index contributed by atoms with van der Waals surface area (Å²) < 4.78 is 0. The maximum Gasteiger partial charge on any atom is 0.354 e. The Balaban J connectivity index is 3.12. The zero-order chi connectivity index (χ0) is 10.7. The van der Waals surface area contributed by atoms with Gasteiger partial charge in [0, 0.05) is 0 Å². The van der Waals surface area contributed by atoms with Gasteiger partial charge in [-0.1, -0.05) is 6.07 Å². The molecule has 1 aromatic heterocycles. The molecule has 0 aromatic carbocycles. The van der Waals surface area contributed by atoms with Crippen molar-refractivity contribution in [3.05, 3.63) is 29.6 Å². The Morgan fingerprint density at radius 3 is 2.29 bits per heavy atom. The van der Waals surface area contributed by atoms with Gasteiger partial charge in [-0.05, 0) is 23.7 Å². The van der Waals surface area contributed by atoms with Crippen LogP contribution in [0.1, 0.15) is 21.0 Å². The lowest BCUT2D eigenvalue weighted by Gasteiger charge is -1.96. The number of aromatic nitrogens is 1. The molecular formula is C8H4ClNO4.